The van der Waals surface area contributed by atoms with Crippen molar-refractivity contribution in [2.75, 3.05) is 18.0 Å². The summed E-state index contributed by atoms with van der Waals surface area (Å²) >= 11 is 0. The minimum absolute atomic E-state index is 1.13. The minimum atomic E-state index is 1.13. The maximum Gasteiger partial charge on any atom is 0.0623 e. The van der Waals surface area contributed by atoms with Crippen molar-refractivity contribution in [3.8, 4) is 0 Å². The van der Waals surface area contributed by atoms with E-state index in [1.165, 1.54) is 29.4 Å². The molecule has 0 fully saturated rings. The van der Waals surface area contributed by atoms with Crippen LogP contribution < -0.4 is 4.90 Å². The van der Waals surface area contributed by atoms with E-state index in [-0.39, 0.29) is 0 Å². The number of anilines is 1. The van der Waals surface area contributed by atoms with E-state index in [9.17, 15) is 0 Å². The van der Waals surface area contributed by atoms with Crippen LogP contribution in [0.15, 0.2) is 30.5 Å². The van der Waals surface area contributed by atoms with Gasteiger partial charge in [-0.05, 0) is 18.9 Å². The Hall–Kier alpha value is -1.44. The Kier molecular flexibility index (Phi) is 3.50. The molecule has 1 N–H and O–H groups in total. The number of fused-ring (bicyclic) bond motifs is 1. The molecule has 86 valence electrons. The number of nitrogens with zero attached hydrogens (tertiary/aromatic N) is 1. The summed E-state index contributed by atoms with van der Waals surface area (Å²) in [4.78, 5) is 5.81. The van der Waals surface area contributed by atoms with Gasteiger partial charge in [0.15, 0.2) is 0 Å². The predicted molar refractivity (Wildman–Crippen MR) is 71.1 cm³/mol. The van der Waals surface area contributed by atoms with Gasteiger partial charge in [-0.1, -0.05) is 32.0 Å². The average Bonchev–Trinajstić information content (AvgIpc) is 2.72. The highest BCUT2D eigenvalue weighted by molar-refractivity contribution is 5.92. The van der Waals surface area contributed by atoms with Crippen molar-refractivity contribution in [1.29, 1.82) is 0 Å². The molecular weight excluding hydrogens is 196 g/mol. The third-order valence-electron chi connectivity index (χ3n) is 2.90. The van der Waals surface area contributed by atoms with E-state index < -0.39 is 0 Å². The predicted octanol–water partition coefficient (Wildman–Crippen LogP) is 3.79. The van der Waals surface area contributed by atoms with Crippen LogP contribution in [0.1, 0.15) is 26.7 Å². The molecule has 1 aromatic heterocycles. The van der Waals surface area contributed by atoms with Crippen molar-refractivity contribution in [1.82, 2.24) is 4.98 Å². The van der Waals surface area contributed by atoms with Crippen molar-refractivity contribution in [3.05, 3.63) is 30.5 Å². The smallest absolute Gasteiger partial charge is 0.0623 e. The monoisotopic (exact) mass is 216 g/mol. The first-order valence-corrected chi connectivity index (χ1v) is 6.17. The van der Waals surface area contributed by atoms with Gasteiger partial charge in [0.25, 0.3) is 0 Å². The van der Waals surface area contributed by atoms with E-state index in [1.54, 1.807) is 0 Å². The second kappa shape index (κ2) is 5.06. The molecule has 0 aliphatic rings. The first kappa shape index (κ1) is 11.1. The molecule has 0 amide bonds. The number of para-hydroxylation sites is 1. The van der Waals surface area contributed by atoms with Crippen molar-refractivity contribution in [2.24, 2.45) is 0 Å². The van der Waals surface area contributed by atoms with E-state index in [0.717, 1.165) is 13.1 Å². The highest BCUT2D eigenvalue weighted by Crippen LogP contribution is 2.26. The summed E-state index contributed by atoms with van der Waals surface area (Å²) in [5.41, 5.74) is 2.58. The van der Waals surface area contributed by atoms with Crippen LogP contribution >= 0.6 is 0 Å². The number of aromatic amines is 1. The van der Waals surface area contributed by atoms with Gasteiger partial charge in [0.1, 0.15) is 0 Å². The maximum absolute atomic E-state index is 3.34. The van der Waals surface area contributed by atoms with Crippen LogP contribution in [0.5, 0.6) is 0 Å². The fraction of sp³-hybridized carbons (Fsp3) is 0.429. The SMILES string of the molecule is CCCN(CCC)c1c[nH]c2ccccc12. The number of benzene rings is 1. The van der Waals surface area contributed by atoms with Gasteiger partial charge in [0, 0.05) is 30.2 Å². The quantitative estimate of drug-likeness (QED) is 0.805. The normalized spacial score (nSPS) is 10.9. The molecule has 0 aliphatic carbocycles. The molecule has 0 unspecified atom stereocenters. The lowest BCUT2D eigenvalue weighted by Gasteiger charge is -2.22. The van der Waals surface area contributed by atoms with Crippen molar-refractivity contribution in [3.63, 3.8) is 0 Å². The summed E-state index contributed by atoms with van der Waals surface area (Å²) in [6.45, 7) is 6.74. The van der Waals surface area contributed by atoms with Gasteiger partial charge in [-0.3, -0.25) is 0 Å². The number of rotatable bonds is 5. The summed E-state index contributed by atoms with van der Waals surface area (Å²) in [5, 5.41) is 1.34. The second-order valence-electron chi connectivity index (χ2n) is 4.21. The summed E-state index contributed by atoms with van der Waals surface area (Å²) in [6, 6.07) is 8.51. The number of hydrogen-bond acceptors (Lipinski definition) is 1. The summed E-state index contributed by atoms with van der Waals surface area (Å²) in [6.07, 6.45) is 4.52. The van der Waals surface area contributed by atoms with Crippen molar-refractivity contribution < 1.29 is 0 Å². The molecule has 2 nitrogen and oxygen atoms in total. The first-order chi connectivity index (χ1) is 7.86. The molecule has 0 saturated heterocycles. The summed E-state index contributed by atoms with van der Waals surface area (Å²) in [5.74, 6) is 0. The molecule has 0 atom stereocenters. The Morgan fingerprint density at radius 1 is 1.06 bits per heavy atom. The fourth-order valence-electron chi connectivity index (χ4n) is 2.21. The van der Waals surface area contributed by atoms with Gasteiger partial charge < -0.3 is 9.88 Å². The number of aromatic nitrogens is 1. The third-order valence-corrected chi connectivity index (χ3v) is 2.90. The maximum atomic E-state index is 3.34. The van der Waals surface area contributed by atoms with E-state index in [0.29, 0.717) is 0 Å². The van der Waals surface area contributed by atoms with Gasteiger partial charge in [0.2, 0.25) is 0 Å². The molecular formula is C14H20N2. The lowest BCUT2D eigenvalue weighted by Crippen LogP contribution is -2.24. The van der Waals surface area contributed by atoms with Crippen LogP contribution in [0.2, 0.25) is 0 Å². The Balaban J connectivity index is 2.36. The van der Waals surface area contributed by atoms with Crippen LogP contribution in [-0.2, 0) is 0 Å². The standard InChI is InChI=1S/C14H20N2/c1-3-9-16(10-4-2)14-11-15-13-8-6-5-7-12(13)14/h5-8,11,15H,3-4,9-10H2,1-2H3. The van der Waals surface area contributed by atoms with E-state index >= 15 is 0 Å². The fourth-order valence-corrected chi connectivity index (χ4v) is 2.21. The zero-order valence-corrected chi connectivity index (χ0v) is 10.2. The number of hydrogen-bond donors (Lipinski definition) is 1. The van der Waals surface area contributed by atoms with Crippen LogP contribution in [-0.4, -0.2) is 18.1 Å². The van der Waals surface area contributed by atoms with Gasteiger partial charge in [-0.15, -0.1) is 0 Å². The Labute approximate surface area is 97.3 Å². The minimum Gasteiger partial charge on any atom is -0.370 e. The molecule has 16 heavy (non-hydrogen) atoms. The molecule has 1 aromatic carbocycles. The van der Waals surface area contributed by atoms with Crippen LogP contribution in [0.25, 0.3) is 10.9 Å². The molecule has 2 heteroatoms. The lowest BCUT2D eigenvalue weighted by molar-refractivity contribution is 0.747. The molecule has 2 aromatic rings. The highest BCUT2D eigenvalue weighted by atomic mass is 15.1. The first-order valence-electron chi connectivity index (χ1n) is 6.17. The molecule has 1 heterocycles. The average molecular weight is 216 g/mol. The number of H-pyrrole nitrogens is 1. The van der Waals surface area contributed by atoms with E-state index in [4.69, 9.17) is 0 Å². The Morgan fingerprint density at radius 2 is 1.75 bits per heavy atom. The van der Waals surface area contributed by atoms with Crippen molar-refractivity contribution >= 4 is 16.6 Å². The zero-order valence-electron chi connectivity index (χ0n) is 10.2. The summed E-state index contributed by atoms with van der Waals surface area (Å²) < 4.78 is 0. The van der Waals surface area contributed by atoms with E-state index in [2.05, 4.69) is 54.2 Å². The second-order valence-corrected chi connectivity index (χ2v) is 4.21. The molecule has 0 aliphatic heterocycles. The van der Waals surface area contributed by atoms with Gasteiger partial charge in [0.05, 0.1) is 5.69 Å². The molecule has 0 bridgehead atoms. The largest absolute Gasteiger partial charge is 0.370 e. The van der Waals surface area contributed by atoms with Gasteiger partial charge >= 0.3 is 0 Å². The molecule has 0 spiro atoms. The van der Waals surface area contributed by atoms with Crippen LogP contribution in [0.4, 0.5) is 5.69 Å². The van der Waals surface area contributed by atoms with Gasteiger partial charge in [-0.25, -0.2) is 0 Å². The Morgan fingerprint density at radius 3 is 2.44 bits per heavy atom. The highest BCUT2D eigenvalue weighted by Gasteiger charge is 2.09. The molecule has 0 saturated carbocycles. The molecule has 2 rings (SSSR count). The summed E-state index contributed by atoms with van der Waals surface area (Å²) in [7, 11) is 0. The molecule has 0 radical (unpaired) electrons. The Bertz CT molecular complexity index is 439. The zero-order chi connectivity index (χ0) is 11.4. The number of nitrogens with one attached hydrogen (secondary N) is 1. The lowest BCUT2D eigenvalue weighted by atomic mass is 10.2. The van der Waals surface area contributed by atoms with E-state index in [1.807, 2.05) is 0 Å². The third kappa shape index (κ3) is 2.06. The van der Waals surface area contributed by atoms with Crippen LogP contribution in [0, 0.1) is 0 Å². The topological polar surface area (TPSA) is 19.0 Å². The van der Waals surface area contributed by atoms with Gasteiger partial charge in [-0.2, -0.15) is 0 Å². The van der Waals surface area contributed by atoms with Crippen LogP contribution in [0.3, 0.4) is 0 Å². The van der Waals surface area contributed by atoms with Crippen molar-refractivity contribution in [2.45, 2.75) is 26.7 Å².